The predicted octanol–water partition coefficient (Wildman–Crippen LogP) is 1.12. The number of hydrogen-bond donors (Lipinski definition) is 1. The van der Waals surface area contributed by atoms with Crippen LogP contribution in [-0.4, -0.2) is 23.8 Å². The molecule has 0 aromatic rings. The van der Waals surface area contributed by atoms with Crippen molar-refractivity contribution >= 4 is 5.97 Å². The fourth-order valence-corrected chi connectivity index (χ4v) is 0.829. The lowest BCUT2D eigenvalue weighted by Gasteiger charge is -2.16. The number of carbonyl (C=O) groups is 1. The minimum absolute atomic E-state index is 0.339. The first kappa shape index (κ1) is 11.2. The number of carbonyl (C=O) groups excluding carboxylic acids is 1. The summed E-state index contributed by atoms with van der Waals surface area (Å²) in [5.41, 5.74) is 0.579. The van der Waals surface area contributed by atoms with Crippen molar-refractivity contribution in [3.8, 4) is 0 Å². The van der Waals surface area contributed by atoms with Gasteiger partial charge in [0.05, 0.1) is 18.6 Å². The van der Waals surface area contributed by atoms with Crippen molar-refractivity contribution in [2.24, 2.45) is 5.92 Å². The van der Waals surface area contributed by atoms with Crippen LogP contribution in [0, 0.1) is 5.92 Å². The zero-order chi connectivity index (χ0) is 9.72. The van der Waals surface area contributed by atoms with Gasteiger partial charge < -0.3 is 9.84 Å². The standard InChI is InChI=1S/C9H16O3/c1-5-12-9(11)7(4)8(10)6(2)3/h7-8,10H,2,5H2,1,3-4H3. The first-order valence-electron chi connectivity index (χ1n) is 4.00. The maximum absolute atomic E-state index is 11.1. The van der Waals surface area contributed by atoms with Crippen LogP contribution in [0.1, 0.15) is 20.8 Å². The van der Waals surface area contributed by atoms with E-state index >= 15 is 0 Å². The van der Waals surface area contributed by atoms with Crippen LogP contribution in [0.4, 0.5) is 0 Å². The number of aliphatic hydroxyl groups excluding tert-OH is 1. The van der Waals surface area contributed by atoms with Crippen LogP contribution in [0.25, 0.3) is 0 Å². The van der Waals surface area contributed by atoms with E-state index < -0.39 is 12.0 Å². The second kappa shape index (κ2) is 4.93. The fourth-order valence-electron chi connectivity index (χ4n) is 0.829. The minimum Gasteiger partial charge on any atom is -0.466 e. The first-order chi connectivity index (χ1) is 5.50. The summed E-state index contributed by atoms with van der Waals surface area (Å²) in [6, 6.07) is 0. The van der Waals surface area contributed by atoms with E-state index in [9.17, 15) is 9.90 Å². The largest absolute Gasteiger partial charge is 0.466 e. The Labute approximate surface area is 73.0 Å². The molecule has 0 spiro atoms. The van der Waals surface area contributed by atoms with E-state index in [0.29, 0.717) is 12.2 Å². The zero-order valence-electron chi connectivity index (χ0n) is 7.83. The van der Waals surface area contributed by atoms with Crippen molar-refractivity contribution in [2.45, 2.75) is 26.9 Å². The number of ether oxygens (including phenoxy) is 1. The van der Waals surface area contributed by atoms with Crippen molar-refractivity contribution in [1.29, 1.82) is 0 Å². The lowest BCUT2D eigenvalue weighted by Crippen LogP contribution is -2.27. The number of hydrogen-bond acceptors (Lipinski definition) is 3. The van der Waals surface area contributed by atoms with Gasteiger partial charge in [0.1, 0.15) is 0 Å². The molecular weight excluding hydrogens is 156 g/mol. The van der Waals surface area contributed by atoms with E-state index in [1.807, 2.05) is 0 Å². The van der Waals surface area contributed by atoms with E-state index in [4.69, 9.17) is 4.74 Å². The van der Waals surface area contributed by atoms with Gasteiger partial charge in [0.25, 0.3) is 0 Å². The molecule has 0 aromatic heterocycles. The summed E-state index contributed by atoms with van der Waals surface area (Å²) in [6.45, 7) is 8.94. The van der Waals surface area contributed by atoms with Crippen LogP contribution >= 0.6 is 0 Å². The predicted molar refractivity (Wildman–Crippen MR) is 46.6 cm³/mol. The highest BCUT2D eigenvalue weighted by molar-refractivity contribution is 5.73. The molecule has 0 aliphatic carbocycles. The molecule has 12 heavy (non-hydrogen) atoms. The molecule has 0 fully saturated rings. The van der Waals surface area contributed by atoms with Crippen LogP contribution in [0.3, 0.4) is 0 Å². The maximum atomic E-state index is 11.1. The maximum Gasteiger partial charge on any atom is 0.311 e. The summed E-state index contributed by atoms with van der Waals surface area (Å²) < 4.78 is 4.73. The Morgan fingerprint density at radius 3 is 2.50 bits per heavy atom. The van der Waals surface area contributed by atoms with Crippen LogP contribution in [0.5, 0.6) is 0 Å². The van der Waals surface area contributed by atoms with Crippen molar-refractivity contribution in [3.63, 3.8) is 0 Å². The Morgan fingerprint density at radius 2 is 2.17 bits per heavy atom. The Balaban J connectivity index is 4.09. The topological polar surface area (TPSA) is 46.5 Å². The molecule has 0 amide bonds. The Morgan fingerprint density at radius 1 is 1.67 bits per heavy atom. The fraction of sp³-hybridized carbons (Fsp3) is 0.667. The molecule has 70 valence electrons. The summed E-state index contributed by atoms with van der Waals surface area (Å²) in [5, 5.41) is 9.39. The van der Waals surface area contributed by atoms with Crippen LogP contribution in [-0.2, 0) is 9.53 Å². The molecule has 0 rings (SSSR count). The molecule has 3 nitrogen and oxygen atoms in total. The van der Waals surface area contributed by atoms with Crippen molar-refractivity contribution < 1.29 is 14.6 Å². The molecule has 1 N–H and O–H groups in total. The second-order valence-corrected chi connectivity index (χ2v) is 2.83. The average molecular weight is 172 g/mol. The number of esters is 1. The third-order valence-corrected chi connectivity index (χ3v) is 1.64. The molecule has 3 heteroatoms. The lowest BCUT2D eigenvalue weighted by molar-refractivity contribution is -0.150. The average Bonchev–Trinajstić information content (AvgIpc) is 2.02. The van der Waals surface area contributed by atoms with E-state index in [0.717, 1.165) is 0 Å². The van der Waals surface area contributed by atoms with E-state index in [2.05, 4.69) is 6.58 Å². The monoisotopic (exact) mass is 172 g/mol. The van der Waals surface area contributed by atoms with Crippen molar-refractivity contribution in [2.75, 3.05) is 6.61 Å². The quantitative estimate of drug-likeness (QED) is 0.510. The van der Waals surface area contributed by atoms with Gasteiger partial charge in [0.2, 0.25) is 0 Å². The second-order valence-electron chi connectivity index (χ2n) is 2.83. The highest BCUT2D eigenvalue weighted by Crippen LogP contribution is 2.11. The highest BCUT2D eigenvalue weighted by atomic mass is 16.5. The van der Waals surface area contributed by atoms with Crippen molar-refractivity contribution in [3.05, 3.63) is 12.2 Å². The Kier molecular flexibility index (Phi) is 4.59. The van der Waals surface area contributed by atoms with E-state index in [1.54, 1.807) is 20.8 Å². The third-order valence-electron chi connectivity index (χ3n) is 1.64. The molecule has 0 radical (unpaired) electrons. The Bertz CT molecular complexity index is 175. The van der Waals surface area contributed by atoms with Gasteiger partial charge in [-0.15, -0.1) is 0 Å². The molecule has 0 bridgehead atoms. The molecule has 2 unspecified atom stereocenters. The third kappa shape index (κ3) is 3.05. The zero-order valence-corrected chi connectivity index (χ0v) is 7.83. The number of rotatable bonds is 4. The summed E-state index contributed by atoms with van der Waals surface area (Å²) in [5.74, 6) is -0.907. The smallest absolute Gasteiger partial charge is 0.311 e. The molecular formula is C9H16O3. The van der Waals surface area contributed by atoms with Crippen LogP contribution in [0.15, 0.2) is 12.2 Å². The van der Waals surface area contributed by atoms with Crippen molar-refractivity contribution in [1.82, 2.24) is 0 Å². The van der Waals surface area contributed by atoms with Gasteiger partial charge in [0, 0.05) is 0 Å². The SMILES string of the molecule is C=C(C)C(O)C(C)C(=O)OCC. The van der Waals surface area contributed by atoms with Crippen LogP contribution < -0.4 is 0 Å². The normalized spacial score (nSPS) is 15.0. The molecule has 0 heterocycles. The lowest BCUT2D eigenvalue weighted by atomic mass is 10.00. The summed E-state index contributed by atoms with van der Waals surface area (Å²) >= 11 is 0. The molecule has 0 aromatic carbocycles. The van der Waals surface area contributed by atoms with Gasteiger partial charge in [-0.25, -0.2) is 0 Å². The van der Waals surface area contributed by atoms with Gasteiger partial charge >= 0.3 is 5.97 Å². The summed E-state index contributed by atoms with van der Waals surface area (Å²) in [6.07, 6.45) is -0.802. The highest BCUT2D eigenvalue weighted by Gasteiger charge is 2.23. The van der Waals surface area contributed by atoms with Crippen LogP contribution in [0.2, 0.25) is 0 Å². The molecule has 0 aliphatic rings. The summed E-state index contributed by atoms with van der Waals surface area (Å²) in [4.78, 5) is 11.1. The van der Waals surface area contributed by atoms with Gasteiger partial charge in [-0.05, 0) is 20.8 Å². The van der Waals surface area contributed by atoms with E-state index in [1.165, 1.54) is 0 Å². The van der Waals surface area contributed by atoms with Gasteiger partial charge in [-0.1, -0.05) is 12.2 Å². The minimum atomic E-state index is -0.802. The van der Waals surface area contributed by atoms with Gasteiger partial charge in [0.15, 0.2) is 0 Å². The van der Waals surface area contributed by atoms with Gasteiger partial charge in [-0.3, -0.25) is 4.79 Å². The summed E-state index contributed by atoms with van der Waals surface area (Å²) in [7, 11) is 0. The molecule has 0 saturated carbocycles. The van der Waals surface area contributed by atoms with Gasteiger partial charge in [-0.2, -0.15) is 0 Å². The Hall–Kier alpha value is -0.830. The molecule has 0 saturated heterocycles. The molecule has 0 aliphatic heterocycles. The van der Waals surface area contributed by atoms with E-state index in [-0.39, 0.29) is 5.97 Å². The first-order valence-corrected chi connectivity index (χ1v) is 4.00. The number of aliphatic hydroxyl groups is 1. The molecule has 2 atom stereocenters.